The summed E-state index contributed by atoms with van der Waals surface area (Å²) in [6, 6.07) is 10.6. The number of aromatic hydroxyl groups is 1. The monoisotopic (exact) mass is 512 g/mol. The van der Waals surface area contributed by atoms with Gasteiger partial charge in [0, 0.05) is 12.8 Å². The topological polar surface area (TPSA) is 177 Å². The van der Waals surface area contributed by atoms with Gasteiger partial charge in [0.2, 0.25) is 17.7 Å². The van der Waals surface area contributed by atoms with Crippen molar-refractivity contribution in [3.05, 3.63) is 65.7 Å². The van der Waals surface area contributed by atoms with E-state index in [1.807, 2.05) is 0 Å². The molecule has 11 heteroatoms. The van der Waals surface area contributed by atoms with E-state index in [1.165, 1.54) is 12.1 Å². The number of hydrogen-bond acceptors (Lipinski definition) is 7. The molecule has 4 unspecified atom stereocenters. The first-order valence-electron chi connectivity index (χ1n) is 12.1. The lowest BCUT2D eigenvalue weighted by molar-refractivity contribution is -0.142. The van der Waals surface area contributed by atoms with Crippen molar-refractivity contribution < 1.29 is 34.5 Å². The highest BCUT2D eigenvalue weighted by atomic mass is 16.4. The molecule has 3 rings (SSSR count). The zero-order valence-electron chi connectivity index (χ0n) is 20.2. The number of carboxylic acid groups (broad SMARTS) is 1. The second-order valence-electron chi connectivity index (χ2n) is 8.91. The summed E-state index contributed by atoms with van der Waals surface area (Å²) in [5, 5.41) is 39.4. The Hall–Kier alpha value is -3.96. The fourth-order valence-electron chi connectivity index (χ4n) is 4.05. The molecule has 1 saturated heterocycles. The predicted octanol–water partition coefficient (Wildman–Crippen LogP) is -0.539. The third-order valence-electron chi connectivity index (χ3n) is 6.10. The van der Waals surface area contributed by atoms with Crippen molar-refractivity contribution in [3.63, 3.8) is 0 Å². The molecule has 1 aliphatic heterocycles. The Labute approximate surface area is 214 Å². The van der Waals surface area contributed by atoms with Crippen LogP contribution in [0.1, 0.15) is 24.0 Å². The second kappa shape index (κ2) is 13.4. The van der Waals surface area contributed by atoms with Crippen molar-refractivity contribution in [2.24, 2.45) is 0 Å². The summed E-state index contributed by atoms with van der Waals surface area (Å²) >= 11 is 0. The molecule has 0 aliphatic carbocycles. The predicted molar refractivity (Wildman–Crippen MR) is 133 cm³/mol. The molecule has 1 heterocycles. The number of phenols is 1. The Kier molecular flexibility index (Phi) is 9.99. The SMILES string of the molecule is O=C(O)C(Cc1ccc(O)cc1)NC(=O)C(Cc1ccccc1)NC(=O)C(CO)NC(=O)C1CCCN1. The van der Waals surface area contributed by atoms with Crippen LogP contribution in [0.15, 0.2) is 54.6 Å². The summed E-state index contributed by atoms with van der Waals surface area (Å²) in [6.45, 7) is 0.00482. The maximum atomic E-state index is 13.2. The largest absolute Gasteiger partial charge is 0.508 e. The molecule has 11 nitrogen and oxygen atoms in total. The van der Waals surface area contributed by atoms with Crippen LogP contribution in [-0.2, 0) is 32.0 Å². The molecular weight excluding hydrogens is 480 g/mol. The maximum absolute atomic E-state index is 13.2. The molecule has 1 aliphatic rings. The zero-order chi connectivity index (χ0) is 26.8. The van der Waals surface area contributed by atoms with Gasteiger partial charge in [0.25, 0.3) is 0 Å². The third kappa shape index (κ3) is 8.29. The number of aliphatic carboxylic acids is 1. The smallest absolute Gasteiger partial charge is 0.326 e. The van der Waals surface area contributed by atoms with Crippen molar-refractivity contribution in [2.45, 2.75) is 49.9 Å². The number of rotatable bonds is 12. The summed E-state index contributed by atoms with van der Waals surface area (Å²) in [4.78, 5) is 50.4. The van der Waals surface area contributed by atoms with Crippen molar-refractivity contribution in [1.29, 1.82) is 0 Å². The molecule has 0 saturated carbocycles. The molecule has 7 N–H and O–H groups in total. The molecule has 3 amide bonds. The lowest BCUT2D eigenvalue weighted by atomic mass is 10.0. The van der Waals surface area contributed by atoms with Crippen LogP contribution in [0.5, 0.6) is 5.75 Å². The van der Waals surface area contributed by atoms with Gasteiger partial charge in [-0.15, -0.1) is 0 Å². The second-order valence-corrected chi connectivity index (χ2v) is 8.91. The highest BCUT2D eigenvalue weighted by molar-refractivity contribution is 5.94. The number of carboxylic acids is 1. The minimum absolute atomic E-state index is 0.0274. The van der Waals surface area contributed by atoms with Gasteiger partial charge in [-0.25, -0.2) is 4.79 Å². The standard InChI is InChI=1S/C26H32N4O7/c31-15-22(30-23(33)19-7-4-12-27-19)25(35)28-20(13-16-5-2-1-3-6-16)24(34)29-21(26(36)37)14-17-8-10-18(32)11-9-17/h1-3,5-6,8-11,19-22,27,31-32H,4,7,12-15H2,(H,28,35)(H,29,34)(H,30,33)(H,36,37). The molecule has 0 spiro atoms. The molecule has 2 aromatic rings. The minimum atomic E-state index is -1.30. The van der Waals surface area contributed by atoms with Crippen molar-refractivity contribution >= 4 is 23.7 Å². The number of nitrogens with one attached hydrogen (secondary N) is 4. The zero-order valence-corrected chi connectivity index (χ0v) is 20.2. The average Bonchev–Trinajstić information content (AvgIpc) is 3.43. The number of aliphatic hydroxyl groups is 1. The van der Waals surface area contributed by atoms with Gasteiger partial charge in [-0.1, -0.05) is 42.5 Å². The van der Waals surface area contributed by atoms with Gasteiger partial charge in [-0.2, -0.15) is 0 Å². The fraction of sp³-hybridized carbons (Fsp3) is 0.385. The first-order valence-corrected chi connectivity index (χ1v) is 12.1. The van der Waals surface area contributed by atoms with E-state index < -0.39 is 54.5 Å². The van der Waals surface area contributed by atoms with Crippen molar-refractivity contribution in [2.75, 3.05) is 13.2 Å². The summed E-state index contributed by atoms with van der Waals surface area (Å²) in [5.41, 5.74) is 1.30. The Morgan fingerprint density at radius 1 is 0.838 bits per heavy atom. The van der Waals surface area contributed by atoms with E-state index in [0.717, 1.165) is 6.42 Å². The molecule has 198 valence electrons. The van der Waals surface area contributed by atoms with Crippen LogP contribution < -0.4 is 21.3 Å². The normalized spacial score (nSPS) is 17.3. The van der Waals surface area contributed by atoms with Crippen molar-refractivity contribution in [3.8, 4) is 5.75 Å². The fourth-order valence-corrected chi connectivity index (χ4v) is 4.05. The number of aliphatic hydroxyl groups excluding tert-OH is 1. The number of phenolic OH excluding ortho intramolecular Hbond substituents is 1. The highest BCUT2D eigenvalue weighted by Gasteiger charge is 2.31. The summed E-state index contributed by atoms with van der Waals surface area (Å²) < 4.78 is 0. The van der Waals surface area contributed by atoms with Crippen LogP contribution in [0, 0.1) is 0 Å². The molecule has 2 aromatic carbocycles. The van der Waals surface area contributed by atoms with E-state index in [2.05, 4.69) is 21.3 Å². The highest BCUT2D eigenvalue weighted by Crippen LogP contribution is 2.12. The van der Waals surface area contributed by atoms with E-state index in [4.69, 9.17) is 0 Å². The summed E-state index contributed by atoms with van der Waals surface area (Å²) in [6.07, 6.45) is 1.45. The van der Waals surface area contributed by atoms with Gasteiger partial charge in [-0.05, 0) is 42.6 Å². The maximum Gasteiger partial charge on any atom is 0.326 e. The molecular formula is C26H32N4O7. The lowest BCUT2D eigenvalue weighted by Gasteiger charge is -2.24. The number of carbonyl (C=O) groups excluding carboxylic acids is 3. The minimum Gasteiger partial charge on any atom is -0.508 e. The number of benzene rings is 2. The Morgan fingerprint density at radius 2 is 1.43 bits per heavy atom. The molecule has 0 aromatic heterocycles. The van der Waals surface area contributed by atoms with Crippen LogP contribution >= 0.6 is 0 Å². The van der Waals surface area contributed by atoms with Crippen molar-refractivity contribution in [1.82, 2.24) is 21.3 Å². The van der Waals surface area contributed by atoms with Crippen LogP contribution in [0.3, 0.4) is 0 Å². The quantitative estimate of drug-likeness (QED) is 0.198. The summed E-state index contributed by atoms with van der Waals surface area (Å²) in [5.74, 6) is -3.16. The van der Waals surface area contributed by atoms with Gasteiger partial charge in [0.15, 0.2) is 0 Å². The molecule has 0 radical (unpaired) electrons. The Morgan fingerprint density at radius 3 is 2.03 bits per heavy atom. The van der Waals surface area contributed by atoms with Crippen LogP contribution in [0.25, 0.3) is 0 Å². The number of carbonyl (C=O) groups is 4. The number of amides is 3. The van der Waals surface area contributed by atoms with Gasteiger partial charge < -0.3 is 36.6 Å². The molecule has 4 atom stereocenters. The molecule has 37 heavy (non-hydrogen) atoms. The number of hydrogen-bond donors (Lipinski definition) is 7. The Bertz CT molecular complexity index is 1070. The van der Waals surface area contributed by atoms with Crippen LogP contribution in [0.4, 0.5) is 0 Å². The average molecular weight is 513 g/mol. The van der Waals surface area contributed by atoms with Crippen LogP contribution in [-0.4, -0.2) is 76.3 Å². The summed E-state index contributed by atoms with van der Waals surface area (Å²) in [7, 11) is 0. The van der Waals surface area contributed by atoms with E-state index in [-0.39, 0.29) is 18.6 Å². The molecule has 0 bridgehead atoms. The first-order chi connectivity index (χ1) is 17.8. The van der Waals surface area contributed by atoms with Gasteiger partial charge in [-0.3, -0.25) is 14.4 Å². The van der Waals surface area contributed by atoms with E-state index in [9.17, 15) is 34.5 Å². The van der Waals surface area contributed by atoms with E-state index in [0.29, 0.717) is 24.1 Å². The Balaban J connectivity index is 1.72. The van der Waals surface area contributed by atoms with Crippen LogP contribution in [0.2, 0.25) is 0 Å². The van der Waals surface area contributed by atoms with Gasteiger partial charge in [0.05, 0.1) is 12.6 Å². The van der Waals surface area contributed by atoms with Gasteiger partial charge in [0.1, 0.15) is 23.9 Å². The van der Waals surface area contributed by atoms with E-state index in [1.54, 1.807) is 42.5 Å². The lowest BCUT2D eigenvalue weighted by Crippen LogP contribution is -2.58. The van der Waals surface area contributed by atoms with E-state index >= 15 is 0 Å². The third-order valence-corrected chi connectivity index (χ3v) is 6.10. The first kappa shape index (κ1) is 27.6. The molecule has 1 fully saturated rings. The van der Waals surface area contributed by atoms with Gasteiger partial charge >= 0.3 is 5.97 Å².